The second-order valence-electron chi connectivity index (χ2n) is 5.95. The first-order valence-electron chi connectivity index (χ1n) is 5.93. The van der Waals surface area contributed by atoms with E-state index in [9.17, 15) is 5.11 Å². The zero-order valence-corrected chi connectivity index (χ0v) is 10.6. The summed E-state index contributed by atoms with van der Waals surface area (Å²) < 4.78 is 0. The summed E-state index contributed by atoms with van der Waals surface area (Å²) >= 11 is 0. The zero-order chi connectivity index (χ0) is 11.5. The normalized spacial score (nSPS) is 26.2. The first kappa shape index (κ1) is 12.9. The van der Waals surface area contributed by atoms with E-state index >= 15 is 0 Å². The molecule has 1 saturated heterocycles. The SMILES string of the molecule is CNC(C)(CO)CN1CCCC(C)(C)C1. The number of aliphatic hydroxyl groups excluding tert-OH is 1. The van der Waals surface area contributed by atoms with E-state index in [0.29, 0.717) is 5.41 Å². The predicted octanol–water partition coefficient (Wildman–Crippen LogP) is 1.08. The number of aliphatic hydroxyl groups is 1. The minimum absolute atomic E-state index is 0.159. The topological polar surface area (TPSA) is 35.5 Å². The molecule has 1 fully saturated rings. The zero-order valence-electron chi connectivity index (χ0n) is 10.6. The molecule has 1 heterocycles. The van der Waals surface area contributed by atoms with E-state index in [-0.39, 0.29) is 12.1 Å². The molecule has 0 aliphatic carbocycles. The van der Waals surface area contributed by atoms with Gasteiger partial charge in [-0.25, -0.2) is 0 Å². The van der Waals surface area contributed by atoms with E-state index in [1.807, 2.05) is 7.05 Å². The maximum atomic E-state index is 9.36. The van der Waals surface area contributed by atoms with Gasteiger partial charge in [0, 0.05) is 13.1 Å². The molecule has 0 amide bonds. The fourth-order valence-corrected chi connectivity index (χ4v) is 2.38. The third kappa shape index (κ3) is 3.74. The fourth-order valence-electron chi connectivity index (χ4n) is 2.38. The fraction of sp³-hybridized carbons (Fsp3) is 1.00. The lowest BCUT2D eigenvalue weighted by Gasteiger charge is -2.42. The van der Waals surface area contributed by atoms with E-state index in [0.717, 1.165) is 13.1 Å². The van der Waals surface area contributed by atoms with Crippen LogP contribution < -0.4 is 5.32 Å². The molecule has 0 aromatic carbocycles. The Morgan fingerprint density at radius 1 is 1.47 bits per heavy atom. The van der Waals surface area contributed by atoms with Crippen LogP contribution in [0.25, 0.3) is 0 Å². The summed E-state index contributed by atoms with van der Waals surface area (Å²) in [6, 6.07) is 0. The van der Waals surface area contributed by atoms with Crippen molar-refractivity contribution >= 4 is 0 Å². The summed E-state index contributed by atoms with van der Waals surface area (Å²) in [5.74, 6) is 0. The van der Waals surface area contributed by atoms with Crippen LogP contribution in [0.5, 0.6) is 0 Å². The van der Waals surface area contributed by atoms with Gasteiger partial charge in [0.25, 0.3) is 0 Å². The van der Waals surface area contributed by atoms with E-state index in [1.54, 1.807) is 0 Å². The third-order valence-corrected chi connectivity index (χ3v) is 3.50. The van der Waals surface area contributed by atoms with E-state index in [4.69, 9.17) is 0 Å². The molecule has 1 aliphatic rings. The number of hydrogen-bond acceptors (Lipinski definition) is 3. The summed E-state index contributed by atoms with van der Waals surface area (Å²) in [5, 5.41) is 12.6. The average Bonchev–Trinajstić information content (AvgIpc) is 2.16. The molecule has 0 spiro atoms. The van der Waals surface area contributed by atoms with Gasteiger partial charge in [-0.05, 0) is 38.8 Å². The van der Waals surface area contributed by atoms with Crippen LogP contribution in [0.3, 0.4) is 0 Å². The van der Waals surface area contributed by atoms with Crippen molar-refractivity contribution in [2.75, 3.05) is 33.3 Å². The Balaban J connectivity index is 2.51. The highest BCUT2D eigenvalue weighted by Gasteiger charge is 2.31. The van der Waals surface area contributed by atoms with Crippen molar-refractivity contribution in [2.24, 2.45) is 5.41 Å². The molecule has 0 aromatic rings. The van der Waals surface area contributed by atoms with Crippen LogP contribution in [0.15, 0.2) is 0 Å². The second-order valence-corrected chi connectivity index (χ2v) is 5.95. The monoisotopic (exact) mass is 214 g/mol. The molecule has 3 heteroatoms. The Morgan fingerprint density at radius 3 is 2.60 bits per heavy atom. The lowest BCUT2D eigenvalue weighted by Crippen LogP contribution is -2.55. The quantitative estimate of drug-likeness (QED) is 0.735. The molecule has 0 radical (unpaired) electrons. The second kappa shape index (κ2) is 4.81. The van der Waals surface area contributed by atoms with Gasteiger partial charge >= 0.3 is 0 Å². The number of likely N-dealkylation sites (N-methyl/N-ethyl adjacent to an activating group) is 1. The Bertz CT molecular complexity index is 200. The molecular formula is C12H26N2O. The minimum Gasteiger partial charge on any atom is -0.394 e. The first-order valence-corrected chi connectivity index (χ1v) is 5.93. The largest absolute Gasteiger partial charge is 0.394 e. The summed E-state index contributed by atoms with van der Waals surface area (Å²) in [4.78, 5) is 2.47. The average molecular weight is 214 g/mol. The molecular weight excluding hydrogens is 188 g/mol. The molecule has 1 atom stereocenters. The molecule has 0 saturated carbocycles. The standard InChI is InChI=1S/C12H26N2O/c1-11(2)6-5-7-14(8-11)9-12(3,10-15)13-4/h13,15H,5-10H2,1-4H3. The highest BCUT2D eigenvalue weighted by atomic mass is 16.3. The van der Waals surface area contributed by atoms with E-state index in [2.05, 4.69) is 31.0 Å². The van der Waals surface area contributed by atoms with Gasteiger partial charge in [-0.1, -0.05) is 13.8 Å². The number of nitrogens with one attached hydrogen (secondary N) is 1. The maximum Gasteiger partial charge on any atom is 0.0623 e. The molecule has 1 rings (SSSR count). The Morgan fingerprint density at radius 2 is 2.13 bits per heavy atom. The third-order valence-electron chi connectivity index (χ3n) is 3.50. The number of nitrogens with zero attached hydrogens (tertiary/aromatic N) is 1. The van der Waals surface area contributed by atoms with Gasteiger partial charge in [0.05, 0.1) is 12.1 Å². The van der Waals surface area contributed by atoms with Crippen LogP contribution in [-0.4, -0.2) is 48.8 Å². The highest BCUT2D eigenvalue weighted by Crippen LogP contribution is 2.28. The smallest absolute Gasteiger partial charge is 0.0623 e. The van der Waals surface area contributed by atoms with Gasteiger partial charge in [-0.3, -0.25) is 0 Å². The number of piperidine rings is 1. The maximum absolute atomic E-state index is 9.36. The molecule has 0 bridgehead atoms. The number of likely N-dealkylation sites (tertiary alicyclic amines) is 1. The van der Waals surface area contributed by atoms with Gasteiger partial charge < -0.3 is 15.3 Å². The van der Waals surface area contributed by atoms with Crippen LogP contribution in [-0.2, 0) is 0 Å². The van der Waals surface area contributed by atoms with Crippen molar-refractivity contribution in [3.8, 4) is 0 Å². The van der Waals surface area contributed by atoms with Gasteiger partial charge in [0.1, 0.15) is 0 Å². The van der Waals surface area contributed by atoms with Crippen LogP contribution in [0.4, 0.5) is 0 Å². The molecule has 0 aromatic heterocycles. The van der Waals surface area contributed by atoms with E-state index in [1.165, 1.54) is 19.4 Å². The summed E-state index contributed by atoms with van der Waals surface area (Å²) in [6.07, 6.45) is 2.59. The first-order chi connectivity index (χ1) is 6.91. The van der Waals surface area contributed by atoms with Crippen molar-refractivity contribution in [1.29, 1.82) is 0 Å². The molecule has 3 nitrogen and oxygen atoms in total. The molecule has 1 unspecified atom stereocenters. The molecule has 15 heavy (non-hydrogen) atoms. The Labute approximate surface area is 93.9 Å². The Kier molecular flexibility index (Phi) is 4.15. The van der Waals surface area contributed by atoms with Crippen LogP contribution in [0, 0.1) is 5.41 Å². The summed E-state index contributed by atoms with van der Waals surface area (Å²) in [6.45, 7) is 10.2. The van der Waals surface area contributed by atoms with Gasteiger partial charge in [0.15, 0.2) is 0 Å². The lowest BCUT2D eigenvalue weighted by molar-refractivity contribution is 0.0686. The van der Waals surface area contributed by atoms with Crippen molar-refractivity contribution in [3.05, 3.63) is 0 Å². The van der Waals surface area contributed by atoms with Gasteiger partial charge in [-0.15, -0.1) is 0 Å². The number of hydrogen-bond donors (Lipinski definition) is 2. The predicted molar refractivity (Wildman–Crippen MR) is 64.0 cm³/mol. The van der Waals surface area contributed by atoms with Gasteiger partial charge in [0.2, 0.25) is 0 Å². The lowest BCUT2D eigenvalue weighted by atomic mass is 9.83. The minimum atomic E-state index is -0.159. The van der Waals surface area contributed by atoms with Crippen LogP contribution in [0.1, 0.15) is 33.6 Å². The Hall–Kier alpha value is -0.120. The number of rotatable bonds is 4. The van der Waals surface area contributed by atoms with Crippen molar-refractivity contribution < 1.29 is 5.11 Å². The molecule has 1 aliphatic heterocycles. The van der Waals surface area contributed by atoms with Gasteiger partial charge in [-0.2, -0.15) is 0 Å². The van der Waals surface area contributed by atoms with Crippen LogP contribution >= 0.6 is 0 Å². The van der Waals surface area contributed by atoms with Crippen molar-refractivity contribution in [3.63, 3.8) is 0 Å². The summed E-state index contributed by atoms with van der Waals surface area (Å²) in [5.41, 5.74) is 0.274. The highest BCUT2D eigenvalue weighted by molar-refractivity contribution is 4.88. The van der Waals surface area contributed by atoms with Crippen LogP contribution in [0.2, 0.25) is 0 Å². The molecule has 2 N–H and O–H groups in total. The van der Waals surface area contributed by atoms with Crippen molar-refractivity contribution in [1.82, 2.24) is 10.2 Å². The summed E-state index contributed by atoms with van der Waals surface area (Å²) in [7, 11) is 1.92. The van der Waals surface area contributed by atoms with Crippen molar-refractivity contribution in [2.45, 2.75) is 39.2 Å². The molecule has 90 valence electrons. The van der Waals surface area contributed by atoms with E-state index < -0.39 is 0 Å².